The Morgan fingerprint density at radius 1 is 1.56 bits per heavy atom. The number of nitrogen functional groups attached to an aromatic ring is 1. The summed E-state index contributed by atoms with van der Waals surface area (Å²) < 4.78 is 6.89. The molecule has 0 atom stereocenters. The van der Waals surface area contributed by atoms with Crippen molar-refractivity contribution in [3.05, 3.63) is 11.9 Å². The van der Waals surface area contributed by atoms with Gasteiger partial charge in [-0.1, -0.05) is 0 Å². The van der Waals surface area contributed by atoms with E-state index in [1.165, 1.54) is 10.9 Å². The fraction of sp³-hybridized carbons (Fsp3) is 0.667. The maximum absolute atomic E-state index is 11.8. The van der Waals surface area contributed by atoms with Gasteiger partial charge in [0.25, 0.3) is 5.91 Å². The van der Waals surface area contributed by atoms with Crippen LogP contribution in [0.5, 0.6) is 0 Å². The lowest BCUT2D eigenvalue weighted by Crippen LogP contribution is -2.27. The number of aryl methyl sites for hydroxylation is 1. The summed E-state index contributed by atoms with van der Waals surface area (Å²) >= 11 is 0. The number of amides is 1. The van der Waals surface area contributed by atoms with Gasteiger partial charge in [0.15, 0.2) is 0 Å². The molecule has 1 aromatic rings. The SMILES string of the molecule is CC(C)OCCCCNC(=O)c1c(N)cnn1C. The Bertz CT molecular complexity index is 368. The van der Waals surface area contributed by atoms with E-state index in [1.54, 1.807) is 7.05 Å². The summed E-state index contributed by atoms with van der Waals surface area (Å²) in [5.41, 5.74) is 6.47. The van der Waals surface area contributed by atoms with Gasteiger partial charge in [0.05, 0.1) is 18.0 Å². The van der Waals surface area contributed by atoms with Gasteiger partial charge in [-0.2, -0.15) is 5.10 Å². The van der Waals surface area contributed by atoms with E-state index in [1.807, 2.05) is 13.8 Å². The molecule has 0 saturated carbocycles. The highest BCUT2D eigenvalue weighted by Gasteiger charge is 2.13. The van der Waals surface area contributed by atoms with Crippen molar-refractivity contribution in [2.24, 2.45) is 7.05 Å². The molecule has 0 fully saturated rings. The molecule has 0 saturated heterocycles. The van der Waals surface area contributed by atoms with Crippen molar-refractivity contribution < 1.29 is 9.53 Å². The molecule has 3 N–H and O–H groups in total. The van der Waals surface area contributed by atoms with Gasteiger partial charge in [-0.05, 0) is 26.7 Å². The molecule has 6 heteroatoms. The standard InChI is InChI=1S/C12H22N4O2/c1-9(2)18-7-5-4-6-14-12(17)11-10(13)8-15-16(11)3/h8-9H,4-7,13H2,1-3H3,(H,14,17). The quantitative estimate of drug-likeness (QED) is 0.709. The van der Waals surface area contributed by atoms with Gasteiger partial charge in [-0.3, -0.25) is 9.48 Å². The summed E-state index contributed by atoms with van der Waals surface area (Å²) in [6, 6.07) is 0. The molecule has 0 bridgehead atoms. The maximum Gasteiger partial charge on any atom is 0.271 e. The molecule has 6 nitrogen and oxygen atoms in total. The van der Waals surface area contributed by atoms with Crippen LogP contribution in [-0.4, -0.2) is 34.9 Å². The third-order valence-corrected chi connectivity index (χ3v) is 2.49. The van der Waals surface area contributed by atoms with Gasteiger partial charge in [0.1, 0.15) is 5.69 Å². The number of hydrogen-bond acceptors (Lipinski definition) is 4. The van der Waals surface area contributed by atoms with Crippen LogP contribution >= 0.6 is 0 Å². The summed E-state index contributed by atoms with van der Waals surface area (Å²) in [5, 5.41) is 6.74. The normalized spacial score (nSPS) is 10.9. The number of carbonyl (C=O) groups is 1. The first kappa shape index (κ1) is 14.5. The molecule has 0 aliphatic carbocycles. The zero-order chi connectivity index (χ0) is 13.5. The number of rotatable bonds is 7. The fourth-order valence-corrected chi connectivity index (χ4v) is 1.56. The molecule has 102 valence electrons. The average Bonchev–Trinajstić information content (AvgIpc) is 2.63. The minimum atomic E-state index is -0.183. The first-order valence-corrected chi connectivity index (χ1v) is 6.19. The van der Waals surface area contributed by atoms with E-state index in [2.05, 4.69) is 10.4 Å². The molecule has 0 unspecified atom stereocenters. The largest absolute Gasteiger partial charge is 0.396 e. The highest BCUT2D eigenvalue weighted by atomic mass is 16.5. The van der Waals surface area contributed by atoms with E-state index in [-0.39, 0.29) is 12.0 Å². The second-order valence-electron chi connectivity index (χ2n) is 4.45. The predicted molar refractivity (Wildman–Crippen MR) is 70.3 cm³/mol. The van der Waals surface area contributed by atoms with Crippen LogP contribution in [0, 0.1) is 0 Å². The van der Waals surface area contributed by atoms with Crippen LogP contribution in [0.4, 0.5) is 5.69 Å². The smallest absolute Gasteiger partial charge is 0.271 e. The maximum atomic E-state index is 11.8. The fourth-order valence-electron chi connectivity index (χ4n) is 1.56. The Balaban J connectivity index is 2.22. The summed E-state index contributed by atoms with van der Waals surface area (Å²) in [6.07, 6.45) is 3.55. The lowest BCUT2D eigenvalue weighted by atomic mass is 10.3. The molecule has 0 spiro atoms. The van der Waals surface area contributed by atoms with Crippen LogP contribution in [0.15, 0.2) is 6.20 Å². The Morgan fingerprint density at radius 3 is 2.83 bits per heavy atom. The number of aromatic nitrogens is 2. The van der Waals surface area contributed by atoms with Gasteiger partial charge in [0.2, 0.25) is 0 Å². The van der Waals surface area contributed by atoms with Crippen molar-refractivity contribution in [3.63, 3.8) is 0 Å². The summed E-state index contributed by atoms with van der Waals surface area (Å²) in [7, 11) is 1.70. The molecule has 1 rings (SSSR count). The summed E-state index contributed by atoms with van der Waals surface area (Å²) in [4.78, 5) is 11.8. The molecule has 1 amide bonds. The van der Waals surface area contributed by atoms with Crippen molar-refractivity contribution in [2.45, 2.75) is 32.8 Å². The molecule has 18 heavy (non-hydrogen) atoms. The second-order valence-corrected chi connectivity index (χ2v) is 4.45. The zero-order valence-corrected chi connectivity index (χ0v) is 11.3. The first-order chi connectivity index (χ1) is 8.52. The number of nitrogens with zero attached hydrogens (tertiary/aromatic N) is 2. The van der Waals surface area contributed by atoms with Crippen LogP contribution in [0.25, 0.3) is 0 Å². The topological polar surface area (TPSA) is 82.2 Å². The van der Waals surface area contributed by atoms with Crippen molar-refractivity contribution >= 4 is 11.6 Å². The van der Waals surface area contributed by atoms with Crippen molar-refractivity contribution in [1.82, 2.24) is 15.1 Å². The highest BCUT2D eigenvalue weighted by Crippen LogP contribution is 2.08. The van der Waals surface area contributed by atoms with E-state index in [4.69, 9.17) is 10.5 Å². The highest BCUT2D eigenvalue weighted by molar-refractivity contribution is 5.97. The van der Waals surface area contributed by atoms with Crippen LogP contribution in [0.3, 0.4) is 0 Å². The van der Waals surface area contributed by atoms with E-state index >= 15 is 0 Å². The molecule has 0 aliphatic rings. The number of ether oxygens (including phenoxy) is 1. The molecule has 1 aromatic heterocycles. The summed E-state index contributed by atoms with van der Waals surface area (Å²) in [6.45, 7) is 5.35. The van der Waals surface area contributed by atoms with Gasteiger partial charge in [-0.25, -0.2) is 0 Å². The number of nitrogens with one attached hydrogen (secondary N) is 1. The van der Waals surface area contributed by atoms with Gasteiger partial charge < -0.3 is 15.8 Å². The van der Waals surface area contributed by atoms with Crippen molar-refractivity contribution in [1.29, 1.82) is 0 Å². The number of hydrogen-bond donors (Lipinski definition) is 2. The molecule has 0 radical (unpaired) electrons. The number of nitrogens with two attached hydrogens (primary N) is 1. The summed E-state index contributed by atoms with van der Waals surface area (Å²) in [5.74, 6) is -0.183. The van der Waals surface area contributed by atoms with Crippen LogP contribution in [0.2, 0.25) is 0 Å². The van der Waals surface area contributed by atoms with Gasteiger partial charge >= 0.3 is 0 Å². The lowest BCUT2D eigenvalue weighted by molar-refractivity contribution is 0.0754. The first-order valence-electron chi connectivity index (χ1n) is 6.19. The number of anilines is 1. The van der Waals surface area contributed by atoms with Crippen molar-refractivity contribution in [3.8, 4) is 0 Å². The van der Waals surface area contributed by atoms with Crippen molar-refractivity contribution in [2.75, 3.05) is 18.9 Å². The predicted octanol–water partition coefficient (Wildman–Crippen LogP) is 0.937. The van der Waals surface area contributed by atoms with Crippen LogP contribution < -0.4 is 11.1 Å². The third-order valence-electron chi connectivity index (χ3n) is 2.49. The van der Waals surface area contributed by atoms with Crippen LogP contribution in [-0.2, 0) is 11.8 Å². The molecule has 0 aliphatic heterocycles. The van der Waals surface area contributed by atoms with Gasteiger partial charge in [-0.15, -0.1) is 0 Å². The van der Waals surface area contributed by atoms with Crippen LogP contribution in [0.1, 0.15) is 37.2 Å². The Labute approximate surface area is 107 Å². The minimum Gasteiger partial charge on any atom is -0.396 e. The van der Waals surface area contributed by atoms with E-state index in [9.17, 15) is 4.79 Å². The number of unbranched alkanes of at least 4 members (excludes halogenated alkanes) is 1. The molecule has 0 aromatic carbocycles. The Hall–Kier alpha value is -1.56. The Kier molecular flexibility index (Phi) is 5.64. The van der Waals surface area contributed by atoms with E-state index < -0.39 is 0 Å². The zero-order valence-electron chi connectivity index (χ0n) is 11.3. The monoisotopic (exact) mass is 254 g/mol. The molecular weight excluding hydrogens is 232 g/mol. The van der Waals surface area contributed by atoms with E-state index in [0.717, 1.165) is 19.4 Å². The second kappa shape index (κ2) is 7.00. The minimum absolute atomic E-state index is 0.183. The molecule has 1 heterocycles. The van der Waals surface area contributed by atoms with Gasteiger partial charge in [0, 0.05) is 20.2 Å². The number of carbonyl (C=O) groups excluding carboxylic acids is 1. The average molecular weight is 254 g/mol. The lowest BCUT2D eigenvalue weighted by Gasteiger charge is -2.08. The Morgan fingerprint density at radius 2 is 2.28 bits per heavy atom. The molecular formula is C12H22N4O2. The third kappa shape index (κ3) is 4.37. The van der Waals surface area contributed by atoms with E-state index in [0.29, 0.717) is 17.9 Å².